The third-order valence-corrected chi connectivity index (χ3v) is 3.89. The van der Waals surface area contributed by atoms with E-state index in [-0.39, 0.29) is 18.1 Å². The Kier molecular flexibility index (Phi) is 5.08. The number of anilines is 1. The number of hydrogen-bond acceptors (Lipinski definition) is 6. The van der Waals surface area contributed by atoms with E-state index < -0.39 is 5.91 Å². The average Bonchev–Trinajstić information content (AvgIpc) is 2.84. The largest absolute Gasteiger partial charge is 0.369 e. The van der Waals surface area contributed by atoms with Gasteiger partial charge < -0.3 is 11.1 Å². The van der Waals surface area contributed by atoms with E-state index in [2.05, 4.69) is 15.3 Å². The Balaban J connectivity index is 1.82. The molecule has 0 aliphatic carbocycles. The van der Waals surface area contributed by atoms with E-state index in [1.807, 2.05) is 18.2 Å². The van der Waals surface area contributed by atoms with Crippen LogP contribution in [-0.2, 0) is 16.0 Å². The number of nitrogens with two attached hydrogens (primary N) is 1. The third-order valence-electron chi connectivity index (χ3n) is 2.14. The molecule has 0 saturated heterocycles. The lowest BCUT2D eigenvalue weighted by atomic mass is 10.3. The first-order valence-corrected chi connectivity index (χ1v) is 7.56. The summed E-state index contributed by atoms with van der Waals surface area (Å²) in [6.07, 6.45) is 1.76. The lowest BCUT2D eigenvalue weighted by molar-refractivity contribution is -0.117. The van der Waals surface area contributed by atoms with Gasteiger partial charge in [-0.1, -0.05) is 17.8 Å². The Labute approximate surface area is 123 Å². The van der Waals surface area contributed by atoms with Crippen molar-refractivity contribution < 1.29 is 9.59 Å². The minimum atomic E-state index is -0.445. The normalized spacial score (nSPS) is 10.2. The number of amides is 2. The van der Waals surface area contributed by atoms with E-state index in [1.54, 1.807) is 11.6 Å². The highest BCUT2D eigenvalue weighted by molar-refractivity contribution is 7.99. The zero-order chi connectivity index (χ0) is 14.4. The first-order valence-electron chi connectivity index (χ1n) is 5.70. The first-order chi connectivity index (χ1) is 9.63. The van der Waals surface area contributed by atoms with Crippen LogP contribution in [-0.4, -0.2) is 27.5 Å². The molecule has 6 nitrogen and oxygen atoms in total. The molecule has 0 bridgehead atoms. The minimum Gasteiger partial charge on any atom is -0.369 e. The maximum Gasteiger partial charge on any atom is 0.236 e. The summed E-state index contributed by atoms with van der Waals surface area (Å²) in [7, 11) is 0. The summed E-state index contributed by atoms with van der Waals surface area (Å²) in [4.78, 5) is 30.7. The fourth-order valence-electron chi connectivity index (χ4n) is 1.35. The van der Waals surface area contributed by atoms with Crippen molar-refractivity contribution in [1.82, 2.24) is 9.97 Å². The summed E-state index contributed by atoms with van der Waals surface area (Å²) in [5.41, 5.74) is 5.64. The van der Waals surface area contributed by atoms with Gasteiger partial charge in [-0.15, -0.1) is 11.3 Å². The Morgan fingerprint density at radius 3 is 2.95 bits per heavy atom. The minimum absolute atomic E-state index is 0.0784. The number of nitrogens with zero attached hydrogens (tertiary/aromatic N) is 2. The van der Waals surface area contributed by atoms with E-state index in [9.17, 15) is 9.59 Å². The lowest BCUT2D eigenvalue weighted by Crippen LogP contribution is -2.15. The highest BCUT2D eigenvalue weighted by Gasteiger charge is 2.09. The van der Waals surface area contributed by atoms with Crippen LogP contribution in [0.4, 0.5) is 5.13 Å². The molecular formula is C12H12N4O2S2. The maximum absolute atomic E-state index is 11.7. The van der Waals surface area contributed by atoms with Gasteiger partial charge in [-0.05, 0) is 12.1 Å². The summed E-state index contributed by atoms with van der Waals surface area (Å²) in [6.45, 7) is 0. The first kappa shape index (κ1) is 14.5. The van der Waals surface area contributed by atoms with Gasteiger partial charge in [0.25, 0.3) is 0 Å². The predicted molar refractivity (Wildman–Crippen MR) is 78.6 cm³/mol. The number of carbonyl (C=O) groups excluding carboxylic acids is 2. The van der Waals surface area contributed by atoms with Gasteiger partial charge in [-0.25, -0.2) is 9.97 Å². The van der Waals surface area contributed by atoms with E-state index >= 15 is 0 Å². The summed E-state index contributed by atoms with van der Waals surface area (Å²) in [6, 6.07) is 5.52. The third kappa shape index (κ3) is 4.63. The number of aromatic nitrogens is 2. The van der Waals surface area contributed by atoms with Gasteiger partial charge in [-0.2, -0.15) is 0 Å². The van der Waals surface area contributed by atoms with Crippen LogP contribution >= 0.6 is 23.1 Å². The maximum atomic E-state index is 11.7. The van der Waals surface area contributed by atoms with Gasteiger partial charge in [0.05, 0.1) is 22.9 Å². The van der Waals surface area contributed by atoms with Crippen LogP contribution in [0.2, 0.25) is 0 Å². The molecule has 2 aromatic heterocycles. The van der Waals surface area contributed by atoms with Crippen molar-refractivity contribution in [2.45, 2.75) is 11.4 Å². The molecule has 0 saturated carbocycles. The molecule has 20 heavy (non-hydrogen) atoms. The number of thioether (sulfide) groups is 1. The molecule has 0 aliphatic heterocycles. The van der Waals surface area contributed by atoms with Crippen LogP contribution in [0.5, 0.6) is 0 Å². The smallest absolute Gasteiger partial charge is 0.236 e. The Hall–Kier alpha value is -1.93. The topological polar surface area (TPSA) is 98.0 Å². The Morgan fingerprint density at radius 1 is 1.40 bits per heavy atom. The Morgan fingerprint density at radius 2 is 2.25 bits per heavy atom. The molecular weight excluding hydrogens is 296 g/mol. The molecule has 0 aliphatic rings. The zero-order valence-electron chi connectivity index (χ0n) is 10.4. The molecule has 0 aromatic carbocycles. The summed E-state index contributed by atoms with van der Waals surface area (Å²) in [5.74, 6) is -0.360. The molecule has 0 unspecified atom stereocenters. The van der Waals surface area contributed by atoms with Gasteiger partial charge in [0.1, 0.15) is 0 Å². The number of rotatable bonds is 6. The summed E-state index contributed by atoms with van der Waals surface area (Å²) < 4.78 is 0. The predicted octanol–water partition coefficient (Wildman–Crippen LogP) is 1.30. The second-order valence-electron chi connectivity index (χ2n) is 3.79. The van der Waals surface area contributed by atoms with Gasteiger partial charge in [-0.3, -0.25) is 9.59 Å². The Bertz CT molecular complexity index is 601. The lowest BCUT2D eigenvalue weighted by Gasteiger charge is -2.01. The number of carbonyl (C=O) groups is 2. The number of pyridine rings is 1. The number of thiazole rings is 1. The van der Waals surface area contributed by atoms with Crippen molar-refractivity contribution in [1.29, 1.82) is 0 Å². The zero-order valence-corrected chi connectivity index (χ0v) is 12.0. The fourth-order valence-corrected chi connectivity index (χ4v) is 2.74. The summed E-state index contributed by atoms with van der Waals surface area (Å²) >= 11 is 2.61. The highest BCUT2D eigenvalue weighted by Crippen LogP contribution is 2.18. The molecule has 2 amide bonds. The standard InChI is InChI=1S/C12H12N4O2S2/c13-9(17)5-8-6-20-12(15-8)16-10(18)7-19-11-3-1-2-4-14-11/h1-4,6H,5,7H2,(H2,13,17)(H,15,16,18). The van der Waals surface area contributed by atoms with E-state index in [4.69, 9.17) is 5.73 Å². The van der Waals surface area contributed by atoms with Crippen molar-refractivity contribution in [2.75, 3.05) is 11.1 Å². The molecule has 0 spiro atoms. The molecule has 2 rings (SSSR count). The van der Waals surface area contributed by atoms with Gasteiger partial charge in [0, 0.05) is 11.6 Å². The molecule has 2 aromatic rings. The van der Waals surface area contributed by atoms with Crippen molar-refractivity contribution in [3.63, 3.8) is 0 Å². The second-order valence-corrected chi connectivity index (χ2v) is 5.65. The molecule has 0 fully saturated rings. The molecule has 0 radical (unpaired) electrons. The van der Waals surface area contributed by atoms with Crippen molar-refractivity contribution in [3.05, 3.63) is 35.5 Å². The van der Waals surface area contributed by atoms with Crippen molar-refractivity contribution >= 4 is 40.0 Å². The number of hydrogen-bond donors (Lipinski definition) is 2. The summed E-state index contributed by atoms with van der Waals surface area (Å²) in [5, 5.41) is 5.63. The van der Waals surface area contributed by atoms with Gasteiger partial charge in [0.15, 0.2) is 5.13 Å². The van der Waals surface area contributed by atoms with Crippen LogP contribution in [0.3, 0.4) is 0 Å². The van der Waals surface area contributed by atoms with E-state index in [1.165, 1.54) is 23.1 Å². The quantitative estimate of drug-likeness (QED) is 0.784. The van der Waals surface area contributed by atoms with Crippen LogP contribution < -0.4 is 11.1 Å². The molecule has 104 valence electrons. The van der Waals surface area contributed by atoms with Crippen LogP contribution in [0.15, 0.2) is 34.8 Å². The van der Waals surface area contributed by atoms with E-state index in [0.717, 1.165) is 5.03 Å². The molecule has 0 atom stereocenters. The van der Waals surface area contributed by atoms with E-state index in [0.29, 0.717) is 10.8 Å². The number of primary amides is 1. The monoisotopic (exact) mass is 308 g/mol. The van der Waals surface area contributed by atoms with Crippen molar-refractivity contribution in [3.8, 4) is 0 Å². The van der Waals surface area contributed by atoms with Crippen molar-refractivity contribution in [2.24, 2.45) is 5.73 Å². The average molecular weight is 308 g/mol. The molecule has 3 N–H and O–H groups in total. The van der Waals surface area contributed by atoms with Crippen LogP contribution in [0.1, 0.15) is 5.69 Å². The van der Waals surface area contributed by atoms with Crippen LogP contribution in [0, 0.1) is 0 Å². The molecule has 2 heterocycles. The van der Waals surface area contributed by atoms with Gasteiger partial charge >= 0.3 is 0 Å². The fraction of sp³-hybridized carbons (Fsp3) is 0.167. The van der Waals surface area contributed by atoms with Gasteiger partial charge in [0.2, 0.25) is 11.8 Å². The number of nitrogens with one attached hydrogen (secondary N) is 1. The second kappa shape index (κ2) is 7.01. The highest BCUT2D eigenvalue weighted by atomic mass is 32.2. The SMILES string of the molecule is NC(=O)Cc1csc(NC(=O)CSc2ccccn2)n1. The van der Waals surface area contributed by atoms with Crippen LogP contribution in [0.25, 0.3) is 0 Å². The molecule has 8 heteroatoms.